The first-order valence-corrected chi connectivity index (χ1v) is 5.12. The summed E-state index contributed by atoms with van der Waals surface area (Å²) in [6.07, 6.45) is 1.40. The molecule has 14 heavy (non-hydrogen) atoms. The zero-order chi connectivity index (χ0) is 10.2. The zero-order valence-corrected chi connectivity index (χ0v) is 8.18. The van der Waals surface area contributed by atoms with Crippen LogP contribution in [0.4, 0.5) is 4.39 Å². The van der Waals surface area contributed by atoms with Gasteiger partial charge in [-0.05, 0) is 37.1 Å². The monoisotopic (exact) mass is 212 g/mol. The minimum Gasteiger partial charge on any atom is -0.480 e. The van der Waals surface area contributed by atoms with E-state index in [1.165, 1.54) is 23.9 Å². The van der Waals surface area contributed by atoms with Crippen LogP contribution in [0.15, 0.2) is 29.2 Å². The molecule has 0 amide bonds. The van der Waals surface area contributed by atoms with Crippen molar-refractivity contribution in [3.05, 3.63) is 30.1 Å². The second kappa shape index (κ2) is 3.28. The maximum absolute atomic E-state index is 12.6. The molecule has 1 saturated carbocycles. The largest absolute Gasteiger partial charge is 0.480 e. The molecule has 0 spiro atoms. The highest BCUT2D eigenvalue weighted by Crippen LogP contribution is 2.51. The van der Waals surface area contributed by atoms with Crippen molar-refractivity contribution in [2.24, 2.45) is 0 Å². The molecule has 1 aliphatic carbocycles. The second-order valence-corrected chi connectivity index (χ2v) is 4.81. The fraction of sp³-hybridized carbons (Fsp3) is 0.300. The van der Waals surface area contributed by atoms with Crippen molar-refractivity contribution in [1.29, 1.82) is 0 Å². The van der Waals surface area contributed by atoms with Gasteiger partial charge in [-0.15, -0.1) is 11.8 Å². The Morgan fingerprint density at radius 2 is 1.93 bits per heavy atom. The van der Waals surface area contributed by atoms with Gasteiger partial charge in [0.1, 0.15) is 10.6 Å². The van der Waals surface area contributed by atoms with Crippen molar-refractivity contribution in [3.63, 3.8) is 0 Å². The smallest absolute Gasteiger partial charge is 0.320 e. The first-order valence-electron chi connectivity index (χ1n) is 4.30. The third-order valence-electron chi connectivity index (χ3n) is 2.22. The van der Waals surface area contributed by atoms with Crippen LogP contribution in [-0.4, -0.2) is 15.8 Å². The Balaban J connectivity index is 2.11. The Morgan fingerprint density at radius 3 is 2.36 bits per heavy atom. The molecule has 0 saturated heterocycles. The predicted molar refractivity (Wildman–Crippen MR) is 51.9 cm³/mol. The number of rotatable bonds is 3. The highest BCUT2D eigenvalue weighted by atomic mass is 32.2. The van der Waals surface area contributed by atoms with Crippen molar-refractivity contribution in [1.82, 2.24) is 0 Å². The molecule has 1 aromatic carbocycles. The van der Waals surface area contributed by atoms with Crippen LogP contribution in [-0.2, 0) is 4.79 Å². The average molecular weight is 212 g/mol. The first-order chi connectivity index (χ1) is 6.62. The first kappa shape index (κ1) is 9.52. The summed E-state index contributed by atoms with van der Waals surface area (Å²) in [5, 5.41) is 8.92. The topological polar surface area (TPSA) is 37.3 Å². The van der Waals surface area contributed by atoms with Gasteiger partial charge in [0.2, 0.25) is 0 Å². The summed E-state index contributed by atoms with van der Waals surface area (Å²) in [5.74, 6) is -1.07. The molecular formula is C10H9FO2S. The molecule has 0 heterocycles. The molecule has 1 fully saturated rings. The fourth-order valence-electron chi connectivity index (χ4n) is 1.20. The van der Waals surface area contributed by atoms with E-state index in [0.717, 1.165) is 4.90 Å². The Morgan fingerprint density at radius 1 is 1.36 bits per heavy atom. The van der Waals surface area contributed by atoms with Crippen LogP contribution in [0.25, 0.3) is 0 Å². The predicted octanol–water partition coefficient (Wildman–Crippen LogP) is 2.54. The summed E-state index contributed by atoms with van der Waals surface area (Å²) < 4.78 is 11.9. The van der Waals surface area contributed by atoms with E-state index in [1.54, 1.807) is 12.1 Å². The van der Waals surface area contributed by atoms with E-state index in [2.05, 4.69) is 0 Å². The molecule has 0 aromatic heterocycles. The van der Waals surface area contributed by atoms with Gasteiger partial charge in [-0.2, -0.15) is 0 Å². The normalized spacial score (nSPS) is 17.8. The number of carbonyl (C=O) groups is 1. The fourth-order valence-corrected chi connectivity index (χ4v) is 2.32. The minimum absolute atomic E-state index is 0.297. The van der Waals surface area contributed by atoms with Crippen LogP contribution >= 0.6 is 11.8 Å². The SMILES string of the molecule is O=C(O)C1(Sc2ccc(F)cc2)CC1. The van der Waals surface area contributed by atoms with Crippen molar-refractivity contribution in [2.75, 3.05) is 0 Å². The van der Waals surface area contributed by atoms with Crippen molar-refractivity contribution < 1.29 is 14.3 Å². The summed E-state index contributed by atoms with van der Waals surface area (Å²) in [7, 11) is 0. The molecular weight excluding hydrogens is 203 g/mol. The third kappa shape index (κ3) is 1.75. The molecule has 0 aliphatic heterocycles. The van der Waals surface area contributed by atoms with E-state index in [1.807, 2.05) is 0 Å². The van der Waals surface area contributed by atoms with E-state index in [9.17, 15) is 9.18 Å². The summed E-state index contributed by atoms with van der Waals surface area (Å²) >= 11 is 1.31. The molecule has 0 atom stereocenters. The van der Waals surface area contributed by atoms with Crippen molar-refractivity contribution in [2.45, 2.75) is 22.5 Å². The number of halogens is 1. The average Bonchev–Trinajstić information content (AvgIpc) is 2.90. The molecule has 0 unspecified atom stereocenters. The lowest BCUT2D eigenvalue weighted by Crippen LogP contribution is -2.16. The van der Waals surface area contributed by atoms with Crippen molar-refractivity contribution in [3.8, 4) is 0 Å². The van der Waals surface area contributed by atoms with Crippen LogP contribution in [0.3, 0.4) is 0 Å². The van der Waals surface area contributed by atoms with Gasteiger partial charge in [-0.1, -0.05) is 0 Å². The lowest BCUT2D eigenvalue weighted by molar-refractivity contribution is -0.137. The summed E-state index contributed by atoms with van der Waals surface area (Å²) in [6, 6.07) is 5.92. The number of aliphatic carboxylic acids is 1. The Labute approximate surface area is 85.1 Å². The van der Waals surface area contributed by atoms with Crippen LogP contribution in [0, 0.1) is 5.82 Å². The Bertz CT molecular complexity index is 357. The highest BCUT2D eigenvalue weighted by Gasteiger charge is 2.51. The van der Waals surface area contributed by atoms with E-state index in [4.69, 9.17) is 5.11 Å². The quantitative estimate of drug-likeness (QED) is 0.836. The van der Waals surface area contributed by atoms with E-state index < -0.39 is 10.7 Å². The van der Waals surface area contributed by atoms with Gasteiger partial charge in [0.25, 0.3) is 0 Å². The number of thioether (sulfide) groups is 1. The number of carboxylic acids is 1. The van der Waals surface area contributed by atoms with E-state index in [0.29, 0.717) is 12.8 Å². The molecule has 0 bridgehead atoms. The van der Waals surface area contributed by atoms with Gasteiger partial charge in [0.05, 0.1) is 0 Å². The summed E-state index contributed by atoms with van der Waals surface area (Å²) in [5.41, 5.74) is 0. The number of hydrogen-bond acceptors (Lipinski definition) is 2. The van der Waals surface area contributed by atoms with Crippen LogP contribution in [0.1, 0.15) is 12.8 Å². The zero-order valence-electron chi connectivity index (χ0n) is 7.37. The van der Waals surface area contributed by atoms with Gasteiger partial charge in [-0.3, -0.25) is 4.79 Å². The maximum Gasteiger partial charge on any atom is 0.320 e. The number of carboxylic acid groups (broad SMARTS) is 1. The molecule has 74 valence electrons. The summed E-state index contributed by atoms with van der Waals surface area (Å²) in [4.78, 5) is 11.7. The second-order valence-electron chi connectivity index (χ2n) is 3.36. The van der Waals surface area contributed by atoms with Gasteiger partial charge >= 0.3 is 5.97 Å². The standard InChI is InChI=1S/C10H9FO2S/c11-7-1-3-8(4-2-7)14-10(5-6-10)9(12)13/h1-4H,5-6H2,(H,12,13). The van der Waals surface area contributed by atoms with Gasteiger partial charge in [-0.25, -0.2) is 4.39 Å². The molecule has 2 nitrogen and oxygen atoms in total. The number of benzene rings is 1. The van der Waals surface area contributed by atoms with Crippen molar-refractivity contribution >= 4 is 17.7 Å². The molecule has 1 aliphatic rings. The van der Waals surface area contributed by atoms with Crippen LogP contribution in [0.5, 0.6) is 0 Å². The minimum atomic E-state index is -0.771. The third-order valence-corrected chi connectivity index (χ3v) is 3.70. The van der Waals surface area contributed by atoms with Gasteiger partial charge < -0.3 is 5.11 Å². The van der Waals surface area contributed by atoms with Crippen LogP contribution in [0.2, 0.25) is 0 Å². The molecule has 2 rings (SSSR count). The Hall–Kier alpha value is -1.03. The lowest BCUT2D eigenvalue weighted by Gasteiger charge is -2.08. The van der Waals surface area contributed by atoms with Crippen LogP contribution < -0.4 is 0 Å². The molecule has 1 aromatic rings. The van der Waals surface area contributed by atoms with E-state index in [-0.39, 0.29) is 5.82 Å². The van der Waals surface area contributed by atoms with Gasteiger partial charge in [0, 0.05) is 4.90 Å². The highest BCUT2D eigenvalue weighted by molar-refractivity contribution is 8.01. The maximum atomic E-state index is 12.6. The molecule has 4 heteroatoms. The van der Waals surface area contributed by atoms with Gasteiger partial charge in [0.15, 0.2) is 0 Å². The molecule has 1 N–H and O–H groups in total. The lowest BCUT2D eigenvalue weighted by atomic mass is 10.3. The van der Waals surface area contributed by atoms with E-state index >= 15 is 0 Å². The number of hydrogen-bond donors (Lipinski definition) is 1. The molecule has 0 radical (unpaired) electrons. The summed E-state index contributed by atoms with van der Waals surface area (Å²) in [6.45, 7) is 0. The Kier molecular flexibility index (Phi) is 2.23.